The van der Waals surface area contributed by atoms with Crippen LogP contribution in [0.5, 0.6) is 0 Å². The minimum absolute atomic E-state index is 0.0646. The molecule has 7 rings (SSSR count). The van der Waals surface area contributed by atoms with Crippen molar-refractivity contribution in [2.45, 2.75) is 90.1 Å². The minimum atomic E-state index is -0.638. The molecule has 1 saturated carbocycles. The summed E-state index contributed by atoms with van der Waals surface area (Å²) >= 11 is 0. The van der Waals surface area contributed by atoms with E-state index in [-0.39, 0.29) is 29.7 Å². The number of benzene rings is 2. The zero-order chi connectivity index (χ0) is 35.5. The van der Waals surface area contributed by atoms with Crippen LogP contribution in [0.4, 0.5) is 4.79 Å². The fourth-order valence-electron chi connectivity index (χ4n) is 8.68. The lowest BCUT2D eigenvalue weighted by molar-refractivity contribution is -0.136. The molecule has 1 N–H and O–H groups in total. The molecule has 4 aliphatic heterocycles. The van der Waals surface area contributed by atoms with E-state index >= 15 is 0 Å². The van der Waals surface area contributed by atoms with Crippen molar-refractivity contribution in [1.29, 1.82) is 0 Å². The smallest absolute Gasteiger partial charge is 0.407 e. The molecular formula is C42H51N5O4. The zero-order valence-electron chi connectivity index (χ0n) is 30.3. The number of methoxy groups -OCH3 is 1. The topological polar surface area (TPSA) is 104 Å². The van der Waals surface area contributed by atoms with Gasteiger partial charge in [0.2, 0.25) is 11.8 Å². The van der Waals surface area contributed by atoms with E-state index in [2.05, 4.69) is 58.7 Å². The van der Waals surface area contributed by atoms with Crippen LogP contribution in [0, 0.1) is 17.8 Å². The van der Waals surface area contributed by atoms with Crippen molar-refractivity contribution in [3.05, 3.63) is 72.1 Å². The number of carbonyl (C=O) groups is 3. The Kier molecular flexibility index (Phi) is 10.5. The number of rotatable bonds is 9. The third-order valence-corrected chi connectivity index (χ3v) is 11.6. The minimum Gasteiger partial charge on any atom is -0.453 e. The highest BCUT2D eigenvalue weighted by Gasteiger charge is 2.39. The van der Waals surface area contributed by atoms with Gasteiger partial charge >= 0.3 is 6.09 Å². The number of ether oxygens (including phenoxy) is 1. The van der Waals surface area contributed by atoms with E-state index in [1.165, 1.54) is 30.4 Å². The molecule has 268 valence electrons. The SMILES string of the molecule is COC(=O)N[C@H](C(=O)N1CCC[C@H]1C1=NC=C(c2ccc(-c3ccc(C4=CN=C([C@H]5CCCC[C@H]5C(=O)N5CCCC5)C4)cc3)cc2)C1)C(C)C. The van der Waals surface area contributed by atoms with E-state index in [0.717, 1.165) is 92.4 Å². The van der Waals surface area contributed by atoms with Gasteiger partial charge in [-0.2, -0.15) is 0 Å². The summed E-state index contributed by atoms with van der Waals surface area (Å²) < 4.78 is 4.77. The number of nitrogens with zero attached hydrogens (tertiary/aromatic N) is 4. The van der Waals surface area contributed by atoms with Crippen molar-refractivity contribution in [2.24, 2.45) is 27.7 Å². The van der Waals surface area contributed by atoms with Gasteiger partial charge in [-0.15, -0.1) is 0 Å². The first kappa shape index (κ1) is 34.9. The maximum Gasteiger partial charge on any atom is 0.407 e. The van der Waals surface area contributed by atoms with Crippen LogP contribution in [0.25, 0.3) is 22.3 Å². The molecule has 2 aromatic rings. The Bertz CT molecular complexity index is 1750. The summed E-state index contributed by atoms with van der Waals surface area (Å²) in [5, 5.41) is 2.73. The Balaban J connectivity index is 0.944. The quantitative estimate of drug-likeness (QED) is 0.294. The van der Waals surface area contributed by atoms with E-state index in [1.807, 2.05) is 31.1 Å². The van der Waals surface area contributed by atoms with Crippen molar-refractivity contribution >= 4 is 40.5 Å². The zero-order valence-corrected chi connectivity index (χ0v) is 30.3. The molecule has 0 bridgehead atoms. The van der Waals surface area contributed by atoms with E-state index in [4.69, 9.17) is 14.7 Å². The number of allylic oxidation sites excluding steroid dienone is 2. The predicted molar refractivity (Wildman–Crippen MR) is 202 cm³/mol. The van der Waals surface area contributed by atoms with Gasteiger partial charge in [0, 0.05) is 68.1 Å². The lowest BCUT2D eigenvalue weighted by Crippen LogP contribution is -2.53. The fraction of sp³-hybridized carbons (Fsp3) is 0.500. The Hall–Kier alpha value is -4.53. The van der Waals surface area contributed by atoms with Crippen LogP contribution in [0.15, 0.2) is 70.9 Å². The third-order valence-electron chi connectivity index (χ3n) is 11.6. The lowest BCUT2D eigenvalue weighted by Gasteiger charge is -2.33. The van der Waals surface area contributed by atoms with Gasteiger partial charge in [-0.05, 0) is 77.8 Å². The molecular weight excluding hydrogens is 638 g/mol. The highest BCUT2D eigenvalue weighted by molar-refractivity contribution is 6.04. The molecule has 4 atom stereocenters. The summed E-state index contributed by atoms with van der Waals surface area (Å²) in [7, 11) is 1.31. The second kappa shape index (κ2) is 15.4. The molecule has 3 amide bonds. The molecule has 2 aromatic carbocycles. The average Bonchev–Trinajstić information content (AvgIpc) is 4.01. The van der Waals surface area contributed by atoms with Gasteiger partial charge in [-0.1, -0.05) is 75.2 Å². The number of nitrogens with one attached hydrogen (secondary N) is 1. The highest BCUT2D eigenvalue weighted by atomic mass is 16.5. The van der Waals surface area contributed by atoms with Gasteiger partial charge in [0.1, 0.15) is 6.04 Å². The first-order valence-electron chi connectivity index (χ1n) is 19.0. The maximum atomic E-state index is 13.5. The Morgan fingerprint density at radius 2 is 1.29 bits per heavy atom. The van der Waals surface area contributed by atoms with Crippen LogP contribution in [0.3, 0.4) is 0 Å². The summed E-state index contributed by atoms with van der Waals surface area (Å²) in [6.07, 6.45) is 13.3. The number of hydrogen-bond acceptors (Lipinski definition) is 6. The fourth-order valence-corrected chi connectivity index (χ4v) is 8.68. The normalized spacial score (nSPS) is 23.9. The van der Waals surface area contributed by atoms with Crippen molar-refractivity contribution in [3.8, 4) is 11.1 Å². The summed E-state index contributed by atoms with van der Waals surface area (Å²) in [4.78, 5) is 52.5. The van der Waals surface area contributed by atoms with Crippen molar-refractivity contribution < 1.29 is 19.1 Å². The van der Waals surface area contributed by atoms with Crippen molar-refractivity contribution in [3.63, 3.8) is 0 Å². The summed E-state index contributed by atoms with van der Waals surface area (Å²) in [6, 6.07) is 16.7. The summed E-state index contributed by atoms with van der Waals surface area (Å²) in [5.41, 5.74) is 9.20. The van der Waals surface area contributed by atoms with Crippen LogP contribution in [0.1, 0.15) is 89.2 Å². The Morgan fingerprint density at radius 1 is 0.725 bits per heavy atom. The van der Waals surface area contributed by atoms with Crippen LogP contribution in [-0.4, -0.2) is 78.0 Å². The molecule has 0 aromatic heterocycles. The van der Waals surface area contributed by atoms with E-state index in [9.17, 15) is 14.4 Å². The molecule has 9 heteroatoms. The maximum absolute atomic E-state index is 13.5. The molecule has 51 heavy (non-hydrogen) atoms. The highest BCUT2D eigenvalue weighted by Crippen LogP contribution is 2.38. The molecule has 4 heterocycles. The lowest BCUT2D eigenvalue weighted by atomic mass is 9.74. The number of amides is 3. The molecule has 0 spiro atoms. The summed E-state index contributed by atoms with van der Waals surface area (Å²) in [6.45, 7) is 6.35. The number of aliphatic imine (C=N–C) groups is 2. The molecule has 1 aliphatic carbocycles. The third kappa shape index (κ3) is 7.44. The number of alkyl carbamates (subject to hydrolysis) is 1. The summed E-state index contributed by atoms with van der Waals surface area (Å²) in [5.74, 6) is 0.573. The first-order valence-corrected chi connectivity index (χ1v) is 19.0. The van der Waals surface area contributed by atoms with Crippen LogP contribution < -0.4 is 5.32 Å². The van der Waals surface area contributed by atoms with Crippen molar-refractivity contribution in [2.75, 3.05) is 26.7 Å². The van der Waals surface area contributed by atoms with E-state index in [1.54, 1.807) is 0 Å². The van der Waals surface area contributed by atoms with Crippen molar-refractivity contribution in [1.82, 2.24) is 15.1 Å². The van der Waals surface area contributed by atoms with E-state index < -0.39 is 12.1 Å². The number of likely N-dealkylation sites (tertiary alicyclic amines) is 2. The molecule has 5 aliphatic rings. The molecule has 9 nitrogen and oxygen atoms in total. The average molecular weight is 690 g/mol. The van der Waals surface area contributed by atoms with Gasteiger partial charge in [0.05, 0.1) is 13.2 Å². The van der Waals surface area contributed by atoms with E-state index in [0.29, 0.717) is 18.9 Å². The van der Waals surface area contributed by atoms with Gasteiger partial charge in [0.25, 0.3) is 0 Å². The number of carbonyl (C=O) groups excluding carboxylic acids is 3. The van der Waals surface area contributed by atoms with Gasteiger partial charge in [0.15, 0.2) is 0 Å². The molecule has 0 unspecified atom stereocenters. The van der Waals surface area contributed by atoms with Crippen LogP contribution in [0.2, 0.25) is 0 Å². The largest absolute Gasteiger partial charge is 0.453 e. The molecule has 2 saturated heterocycles. The molecule has 0 radical (unpaired) electrons. The Labute approximate surface area is 301 Å². The first-order chi connectivity index (χ1) is 24.8. The predicted octanol–water partition coefficient (Wildman–Crippen LogP) is 7.53. The second-order valence-corrected chi connectivity index (χ2v) is 15.1. The molecule has 3 fully saturated rings. The van der Waals surface area contributed by atoms with Crippen LogP contribution >= 0.6 is 0 Å². The second-order valence-electron chi connectivity index (χ2n) is 15.1. The Morgan fingerprint density at radius 3 is 1.90 bits per heavy atom. The van der Waals surface area contributed by atoms with Gasteiger partial charge < -0.3 is 19.9 Å². The number of hydrogen-bond donors (Lipinski definition) is 1. The monoisotopic (exact) mass is 689 g/mol. The van der Waals surface area contributed by atoms with Gasteiger partial charge in [-0.3, -0.25) is 19.6 Å². The standard InChI is InChI=1S/C42H51N5O4/c1-27(2)39(45-42(50)51-3)41(49)47-22-8-11-38(47)37-24-33(26-44-37)31-18-14-29(15-19-31)28-12-16-30(17-13-28)32-23-36(43-25-32)34-9-4-5-10-35(34)40(48)46-20-6-7-21-46/h12-19,25-27,34-35,38-39H,4-11,20-24H2,1-3H3,(H,45,50)/t34-,35+,38-,39-/m0/s1. The van der Waals surface area contributed by atoms with Crippen LogP contribution in [-0.2, 0) is 14.3 Å². The van der Waals surface area contributed by atoms with Gasteiger partial charge in [-0.25, -0.2) is 4.79 Å².